The van der Waals surface area contributed by atoms with Crippen LogP contribution in [0.2, 0.25) is 0 Å². The third-order valence-electron chi connectivity index (χ3n) is 7.97. The van der Waals surface area contributed by atoms with Crippen molar-refractivity contribution in [2.24, 2.45) is 0 Å². The van der Waals surface area contributed by atoms with E-state index in [0.717, 1.165) is 44.2 Å². The Morgan fingerprint density at radius 3 is 2.44 bits per heavy atom. The second-order valence-electron chi connectivity index (χ2n) is 10.1. The van der Waals surface area contributed by atoms with Gasteiger partial charge >= 0.3 is 5.69 Å². The van der Waals surface area contributed by atoms with Gasteiger partial charge in [0.1, 0.15) is 6.10 Å². The van der Waals surface area contributed by atoms with Crippen molar-refractivity contribution in [2.45, 2.75) is 82.0 Å². The van der Waals surface area contributed by atoms with Crippen LogP contribution >= 0.6 is 0 Å². The van der Waals surface area contributed by atoms with Crippen LogP contribution in [0.15, 0.2) is 35.5 Å². The summed E-state index contributed by atoms with van der Waals surface area (Å²) in [5.74, 6) is 0.657. The average molecular weight is 440 g/mol. The molecule has 2 aliphatic carbocycles. The molecule has 0 radical (unpaired) electrons. The Kier molecular flexibility index (Phi) is 6.37. The lowest BCUT2D eigenvalue weighted by molar-refractivity contribution is 0.123. The molecule has 0 amide bonds. The van der Waals surface area contributed by atoms with Gasteiger partial charge in [-0.05, 0) is 84.5 Å². The Hall–Kier alpha value is -2.12. The maximum atomic E-state index is 13.1. The van der Waals surface area contributed by atoms with Gasteiger partial charge in [0, 0.05) is 43.1 Å². The molecule has 1 saturated heterocycles. The van der Waals surface area contributed by atoms with Gasteiger partial charge in [-0.2, -0.15) is 0 Å². The standard InChI is InChI=1S/C25H37N5O2/c1-27-14-13-22(18-27)28(2)19-7-9-20(10-8-19)29-15-16-30(25(29)31)21-11-12-24(26-17-21)32-23-5-3-4-6-23/h11-12,15-17,19-20,22-23H,3-10,13-14,18H2,1-2H3. The van der Waals surface area contributed by atoms with Crippen molar-refractivity contribution in [3.63, 3.8) is 0 Å². The van der Waals surface area contributed by atoms with Crippen molar-refractivity contribution < 1.29 is 4.74 Å². The first-order valence-corrected chi connectivity index (χ1v) is 12.4. The summed E-state index contributed by atoms with van der Waals surface area (Å²) in [6.07, 6.45) is 16.3. The topological polar surface area (TPSA) is 55.5 Å². The number of likely N-dealkylation sites (N-methyl/N-ethyl adjacent to an activating group) is 2. The third kappa shape index (κ3) is 4.50. The maximum absolute atomic E-state index is 13.1. The van der Waals surface area contributed by atoms with E-state index in [-0.39, 0.29) is 11.7 Å². The first-order valence-electron chi connectivity index (χ1n) is 12.4. The molecule has 3 heterocycles. The minimum Gasteiger partial charge on any atom is -0.474 e. The highest BCUT2D eigenvalue weighted by Gasteiger charge is 2.31. The minimum atomic E-state index is 0.0329. The molecule has 0 aromatic carbocycles. The van der Waals surface area contributed by atoms with Gasteiger partial charge in [0.05, 0.1) is 11.9 Å². The van der Waals surface area contributed by atoms with Crippen LogP contribution in [0, 0.1) is 0 Å². The predicted octanol–water partition coefficient (Wildman–Crippen LogP) is 3.48. The lowest BCUT2D eigenvalue weighted by atomic mass is 9.89. The molecule has 174 valence electrons. The summed E-state index contributed by atoms with van der Waals surface area (Å²) < 4.78 is 9.60. The molecule has 2 saturated carbocycles. The molecule has 0 bridgehead atoms. The van der Waals surface area contributed by atoms with Gasteiger partial charge in [-0.25, -0.2) is 9.78 Å². The van der Waals surface area contributed by atoms with Crippen molar-refractivity contribution >= 4 is 0 Å². The molecule has 1 aliphatic heterocycles. The zero-order chi connectivity index (χ0) is 22.1. The lowest BCUT2D eigenvalue weighted by Gasteiger charge is -2.38. The summed E-state index contributed by atoms with van der Waals surface area (Å²) in [4.78, 5) is 22.6. The first kappa shape index (κ1) is 21.7. The molecular formula is C25H37N5O2. The zero-order valence-electron chi connectivity index (χ0n) is 19.5. The molecule has 32 heavy (non-hydrogen) atoms. The van der Waals surface area contributed by atoms with E-state index in [0.29, 0.717) is 24.1 Å². The molecule has 5 rings (SSSR count). The van der Waals surface area contributed by atoms with Crippen molar-refractivity contribution in [1.29, 1.82) is 0 Å². The summed E-state index contributed by atoms with van der Waals surface area (Å²) in [6.45, 7) is 2.38. The molecule has 2 aromatic rings. The quantitative estimate of drug-likeness (QED) is 0.690. The van der Waals surface area contributed by atoms with Crippen LogP contribution in [0.25, 0.3) is 5.69 Å². The van der Waals surface area contributed by atoms with E-state index >= 15 is 0 Å². The highest BCUT2D eigenvalue weighted by molar-refractivity contribution is 5.31. The molecule has 7 nitrogen and oxygen atoms in total. The molecule has 7 heteroatoms. The largest absolute Gasteiger partial charge is 0.474 e. The Labute approximate surface area is 191 Å². The van der Waals surface area contributed by atoms with E-state index in [1.807, 2.05) is 29.1 Å². The number of hydrogen-bond donors (Lipinski definition) is 0. The maximum Gasteiger partial charge on any atom is 0.333 e. The summed E-state index contributed by atoms with van der Waals surface area (Å²) in [5.41, 5.74) is 0.830. The van der Waals surface area contributed by atoms with Gasteiger partial charge < -0.3 is 9.64 Å². The van der Waals surface area contributed by atoms with Crippen LogP contribution in [-0.4, -0.2) is 69.3 Å². The number of ether oxygens (including phenoxy) is 1. The van der Waals surface area contributed by atoms with E-state index in [2.05, 4.69) is 28.9 Å². The van der Waals surface area contributed by atoms with E-state index in [1.165, 1.54) is 32.4 Å². The molecule has 0 N–H and O–H groups in total. The van der Waals surface area contributed by atoms with Crippen LogP contribution < -0.4 is 10.4 Å². The summed E-state index contributed by atoms with van der Waals surface area (Å²) in [7, 11) is 4.51. The molecule has 1 unspecified atom stereocenters. The van der Waals surface area contributed by atoms with Gasteiger partial charge in [0.2, 0.25) is 5.88 Å². The SMILES string of the molecule is CN1CCC(N(C)C2CCC(n3ccn(-c4ccc(OC5CCCC5)nc4)c3=O)CC2)C1. The fraction of sp³-hybridized carbons (Fsp3) is 0.680. The number of hydrogen-bond acceptors (Lipinski definition) is 5. The second-order valence-corrected chi connectivity index (χ2v) is 10.1. The normalized spacial score (nSPS) is 27.4. The van der Waals surface area contributed by atoms with Crippen LogP contribution in [-0.2, 0) is 0 Å². The van der Waals surface area contributed by atoms with Gasteiger partial charge in [-0.3, -0.25) is 14.0 Å². The Morgan fingerprint density at radius 1 is 1.00 bits per heavy atom. The van der Waals surface area contributed by atoms with Gasteiger partial charge in [-0.1, -0.05) is 0 Å². The Balaban J connectivity index is 1.20. The molecule has 3 aliphatic rings. The molecular weight excluding hydrogens is 402 g/mol. The number of aromatic nitrogens is 3. The van der Waals surface area contributed by atoms with E-state index in [4.69, 9.17) is 4.74 Å². The van der Waals surface area contributed by atoms with Crippen molar-refractivity contribution in [1.82, 2.24) is 23.9 Å². The molecule has 3 fully saturated rings. The lowest BCUT2D eigenvalue weighted by Crippen LogP contribution is -2.44. The zero-order valence-corrected chi connectivity index (χ0v) is 19.5. The number of imidazole rings is 1. The number of nitrogens with zero attached hydrogens (tertiary/aromatic N) is 5. The first-order chi connectivity index (χ1) is 15.6. The highest BCUT2D eigenvalue weighted by Crippen LogP contribution is 2.32. The second kappa shape index (κ2) is 9.40. The monoisotopic (exact) mass is 439 g/mol. The van der Waals surface area contributed by atoms with Crippen molar-refractivity contribution in [3.8, 4) is 11.6 Å². The fourth-order valence-electron chi connectivity index (χ4n) is 5.91. The Morgan fingerprint density at radius 2 is 1.78 bits per heavy atom. The summed E-state index contributed by atoms with van der Waals surface area (Å²) in [6, 6.07) is 5.43. The minimum absolute atomic E-state index is 0.0329. The van der Waals surface area contributed by atoms with Crippen LogP contribution in [0.3, 0.4) is 0 Å². The average Bonchev–Trinajstić information content (AvgIpc) is 3.56. The van der Waals surface area contributed by atoms with E-state index < -0.39 is 0 Å². The number of likely N-dealkylation sites (tertiary alicyclic amines) is 1. The Bertz CT molecular complexity index is 938. The van der Waals surface area contributed by atoms with Gasteiger partial charge in [0.15, 0.2) is 0 Å². The van der Waals surface area contributed by atoms with Crippen LogP contribution in [0.4, 0.5) is 0 Å². The van der Waals surface area contributed by atoms with Gasteiger partial charge in [-0.15, -0.1) is 0 Å². The van der Waals surface area contributed by atoms with Gasteiger partial charge in [0.25, 0.3) is 0 Å². The summed E-state index contributed by atoms with van der Waals surface area (Å²) in [5, 5.41) is 0. The number of pyridine rings is 1. The van der Waals surface area contributed by atoms with E-state index in [1.54, 1.807) is 10.8 Å². The predicted molar refractivity (Wildman–Crippen MR) is 126 cm³/mol. The fourth-order valence-corrected chi connectivity index (χ4v) is 5.91. The van der Waals surface area contributed by atoms with Crippen LogP contribution in [0.1, 0.15) is 63.8 Å². The molecule has 0 spiro atoms. The molecule has 1 atom stereocenters. The van der Waals surface area contributed by atoms with E-state index in [9.17, 15) is 4.79 Å². The van der Waals surface area contributed by atoms with Crippen molar-refractivity contribution in [2.75, 3.05) is 27.2 Å². The third-order valence-corrected chi connectivity index (χ3v) is 7.97. The smallest absolute Gasteiger partial charge is 0.333 e. The molecule has 2 aromatic heterocycles. The van der Waals surface area contributed by atoms with Crippen LogP contribution in [0.5, 0.6) is 5.88 Å². The summed E-state index contributed by atoms with van der Waals surface area (Å²) >= 11 is 0. The van der Waals surface area contributed by atoms with Crippen molar-refractivity contribution in [3.05, 3.63) is 41.2 Å². The highest BCUT2D eigenvalue weighted by atomic mass is 16.5. The number of rotatable bonds is 6.